The summed E-state index contributed by atoms with van der Waals surface area (Å²) in [5.41, 5.74) is 3.08. The molecule has 3 amide bonds. The van der Waals surface area contributed by atoms with E-state index in [4.69, 9.17) is 15.7 Å². The predicted octanol–water partition coefficient (Wildman–Crippen LogP) is 5.25. The standard InChI is InChI=1S/C42H52N6O6/c1-25(2)33(20-37(49)53-7)40(50)47-23-27(5)17-35(47)34-19-31(21-43-34)14-13-29-9-11-30(12-10-29)15-16-32-22-44-39(45-32)36-18-28(6)24-48(36)41(51)38(26(3)4)46-42(52)54-8/h9-12,21-22,25-28,33,35-36,38H,17-20,23-24H2,1-8H3,(H,44,45)(H,46,52)/t27-,28-,33+,35-,36-,38-/m0/s1/i1D3,2D3,25D,33D. The molecule has 2 aromatic rings. The maximum absolute atomic E-state index is 14.3. The molecule has 5 rings (SSSR count). The fourth-order valence-electron chi connectivity index (χ4n) is 6.90. The second-order valence-electron chi connectivity index (χ2n) is 14.3. The molecule has 12 nitrogen and oxygen atoms in total. The number of imidazole rings is 1. The lowest BCUT2D eigenvalue weighted by Crippen LogP contribution is -2.51. The summed E-state index contributed by atoms with van der Waals surface area (Å²) in [5.74, 6) is 3.29. The van der Waals surface area contributed by atoms with E-state index in [1.54, 1.807) is 29.4 Å². The molecule has 0 radical (unpaired) electrons. The SMILES string of the molecule is [2H]C([2H])([2H])C([2H])(C([2H])([2H])[2H])[C@@]([2H])(CC(=O)OC)C(=O)N1C[C@@H](C)C[C@H]1C1=NC=C(C#Cc2ccc(C#Cc3cnc([C@@H]4C[C@H](C)CN4C(=O)[C@@H](NC(=O)OC)C(C)C)[nH]3)cc2)C1. The number of nitrogens with zero attached hydrogens (tertiary/aromatic N) is 4. The second-order valence-corrected chi connectivity index (χ2v) is 14.3. The van der Waals surface area contributed by atoms with Gasteiger partial charge >= 0.3 is 12.1 Å². The summed E-state index contributed by atoms with van der Waals surface area (Å²) in [6.07, 6.45) is 2.54. The smallest absolute Gasteiger partial charge is 0.407 e. The van der Waals surface area contributed by atoms with Crippen molar-refractivity contribution < 1.29 is 39.6 Å². The predicted molar refractivity (Wildman–Crippen MR) is 205 cm³/mol. The van der Waals surface area contributed by atoms with E-state index in [0.29, 0.717) is 53.3 Å². The van der Waals surface area contributed by atoms with Gasteiger partial charge in [0.05, 0.1) is 44.8 Å². The molecular formula is C42H52N6O6. The van der Waals surface area contributed by atoms with Crippen LogP contribution in [0, 0.1) is 53.2 Å². The average molecular weight is 745 g/mol. The van der Waals surface area contributed by atoms with Gasteiger partial charge in [-0.05, 0) is 66.7 Å². The van der Waals surface area contributed by atoms with Crippen LogP contribution in [-0.4, -0.2) is 88.7 Å². The lowest BCUT2D eigenvalue weighted by Gasteiger charge is -2.30. The number of methoxy groups -OCH3 is 2. The van der Waals surface area contributed by atoms with Gasteiger partial charge in [-0.2, -0.15) is 0 Å². The summed E-state index contributed by atoms with van der Waals surface area (Å²) in [5, 5.41) is 2.66. The van der Waals surface area contributed by atoms with E-state index >= 15 is 0 Å². The number of carbonyl (C=O) groups excluding carboxylic acids is 4. The number of nitrogens with one attached hydrogen (secondary N) is 2. The van der Waals surface area contributed by atoms with Crippen LogP contribution in [0.25, 0.3) is 0 Å². The van der Waals surface area contributed by atoms with Crippen molar-refractivity contribution >= 4 is 29.6 Å². The number of H-pyrrole nitrogens is 1. The van der Waals surface area contributed by atoms with Crippen LogP contribution < -0.4 is 5.32 Å². The molecule has 1 aromatic carbocycles. The van der Waals surface area contributed by atoms with E-state index in [2.05, 4.69) is 55.6 Å². The number of amides is 3. The van der Waals surface area contributed by atoms with Gasteiger partial charge in [-0.3, -0.25) is 19.4 Å². The monoisotopic (exact) mass is 744 g/mol. The molecular weight excluding hydrogens is 684 g/mol. The van der Waals surface area contributed by atoms with E-state index in [1.165, 1.54) is 12.0 Å². The minimum atomic E-state index is -3.67. The summed E-state index contributed by atoms with van der Waals surface area (Å²) < 4.78 is 75.1. The highest BCUT2D eigenvalue weighted by Crippen LogP contribution is 2.35. The van der Waals surface area contributed by atoms with Gasteiger partial charge in [-0.25, -0.2) is 9.78 Å². The fourth-order valence-corrected chi connectivity index (χ4v) is 6.90. The van der Waals surface area contributed by atoms with Gasteiger partial charge in [0.1, 0.15) is 17.6 Å². The topological polar surface area (TPSA) is 146 Å². The fraction of sp³-hybridized carbons (Fsp3) is 0.524. The first kappa shape index (κ1) is 30.0. The normalized spacial score (nSPS) is 25.2. The number of ether oxygens (including phenoxy) is 2. The van der Waals surface area contributed by atoms with E-state index in [9.17, 15) is 19.2 Å². The summed E-state index contributed by atoms with van der Waals surface area (Å²) in [4.78, 5) is 67.5. The molecule has 12 heteroatoms. The summed E-state index contributed by atoms with van der Waals surface area (Å²) in [7, 11) is 2.22. The van der Waals surface area contributed by atoms with Crippen LogP contribution in [0.3, 0.4) is 0 Å². The van der Waals surface area contributed by atoms with Gasteiger partial charge in [-0.15, -0.1) is 0 Å². The molecule has 3 aliphatic rings. The zero-order valence-electron chi connectivity index (χ0n) is 39.4. The minimum Gasteiger partial charge on any atom is -0.469 e. The molecule has 1 aromatic heterocycles. The van der Waals surface area contributed by atoms with Crippen molar-refractivity contribution in [3.63, 3.8) is 0 Å². The Labute approximate surface area is 329 Å². The molecule has 6 atom stereocenters. The number of carbonyl (C=O) groups is 4. The van der Waals surface area contributed by atoms with Gasteiger partial charge in [0, 0.05) is 59.1 Å². The van der Waals surface area contributed by atoms with Crippen molar-refractivity contribution in [2.75, 3.05) is 27.3 Å². The Morgan fingerprint density at radius 2 is 1.57 bits per heavy atom. The second kappa shape index (κ2) is 17.6. The first-order chi connectivity index (χ1) is 28.9. The van der Waals surface area contributed by atoms with Gasteiger partial charge in [0.2, 0.25) is 11.8 Å². The number of rotatable bonds is 9. The minimum absolute atomic E-state index is 0.0239. The Bertz CT molecular complexity index is 2220. The zero-order chi connectivity index (χ0) is 45.9. The number of alkyl carbamates (subject to hydrolysis) is 1. The summed E-state index contributed by atoms with van der Waals surface area (Å²) in [6.45, 7) is 0.852. The van der Waals surface area contributed by atoms with E-state index in [1.807, 2.05) is 32.9 Å². The van der Waals surface area contributed by atoms with Gasteiger partial charge < -0.3 is 29.6 Å². The maximum atomic E-state index is 14.3. The van der Waals surface area contributed by atoms with Gasteiger partial charge in [0.25, 0.3) is 0 Å². The molecule has 3 aliphatic heterocycles. The van der Waals surface area contributed by atoms with Crippen LogP contribution in [0.2, 0.25) is 0 Å². The van der Waals surface area contributed by atoms with Crippen LogP contribution in [0.15, 0.2) is 47.2 Å². The summed E-state index contributed by atoms with van der Waals surface area (Å²) >= 11 is 0. The van der Waals surface area contributed by atoms with Crippen LogP contribution in [0.1, 0.15) is 107 Å². The molecule has 0 bridgehead atoms. The van der Waals surface area contributed by atoms with Crippen molar-refractivity contribution in [1.29, 1.82) is 0 Å². The van der Waals surface area contributed by atoms with Gasteiger partial charge in [0.15, 0.2) is 0 Å². The number of esters is 1. The molecule has 2 N–H and O–H groups in total. The Balaban J connectivity index is 1.25. The highest BCUT2D eigenvalue weighted by atomic mass is 16.5. The molecule has 0 unspecified atom stereocenters. The first-order valence-electron chi connectivity index (χ1n) is 21.9. The number of hydrogen-bond acceptors (Lipinski definition) is 8. The Hall–Kier alpha value is -5.36. The van der Waals surface area contributed by atoms with Crippen LogP contribution in [-0.2, 0) is 23.9 Å². The third-order valence-corrected chi connectivity index (χ3v) is 9.71. The van der Waals surface area contributed by atoms with Crippen molar-refractivity contribution in [3.8, 4) is 23.7 Å². The number of aromatic nitrogens is 2. The average Bonchev–Trinajstić information content (AvgIpc) is 4.03. The van der Waals surface area contributed by atoms with Crippen molar-refractivity contribution in [2.45, 2.75) is 85.2 Å². The zero-order valence-corrected chi connectivity index (χ0v) is 31.4. The lowest BCUT2D eigenvalue weighted by molar-refractivity contribution is -0.148. The van der Waals surface area contributed by atoms with E-state index < -0.39 is 62.0 Å². The van der Waals surface area contributed by atoms with E-state index in [-0.39, 0.29) is 42.7 Å². The third kappa shape index (κ3) is 9.59. The Kier molecular flexibility index (Phi) is 9.81. The molecule has 2 fully saturated rings. The molecule has 54 heavy (non-hydrogen) atoms. The van der Waals surface area contributed by atoms with E-state index in [0.717, 1.165) is 7.11 Å². The Morgan fingerprint density at radius 1 is 0.944 bits per heavy atom. The van der Waals surface area contributed by atoms with Crippen molar-refractivity contribution in [2.24, 2.45) is 34.5 Å². The van der Waals surface area contributed by atoms with Gasteiger partial charge in [-0.1, -0.05) is 59.2 Å². The summed E-state index contributed by atoms with van der Waals surface area (Å²) in [6, 6.07) is 5.42. The number of hydrogen-bond donors (Lipinski definition) is 2. The molecule has 0 spiro atoms. The van der Waals surface area contributed by atoms with Crippen LogP contribution in [0.5, 0.6) is 0 Å². The number of aliphatic imine (C=N–C) groups is 1. The number of likely N-dealkylation sites (tertiary alicyclic amines) is 2. The highest BCUT2D eigenvalue weighted by molar-refractivity contribution is 5.98. The molecule has 2 saturated heterocycles. The molecule has 0 aliphatic carbocycles. The molecule has 286 valence electrons. The lowest BCUT2D eigenvalue weighted by atomic mass is 9.90. The highest BCUT2D eigenvalue weighted by Gasteiger charge is 2.42. The van der Waals surface area contributed by atoms with Crippen LogP contribution >= 0.6 is 0 Å². The van der Waals surface area contributed by atoms with Crippen LogP contribution in [0.4, 0.5) is 4.79 Å². The number of benzene rings is 1. The molecule has 4 heterocycles. The van der Waals surface area contributed by atoms with Crippen molar-refractivity contribution in [1.82, 2.24) is 25.1 Å². The first-order valence-corrected chi connectivity index (χ1v) is 17.9. The largest absolute Gasteiger partial charge is 0.469 e. The number of aromatic amines is 1. The molecule has 0 saturated carbocycles. The number of allylic oxidation sites excluding steroid dienone is 1. The quantitative estimate of drug-likeness (QED) is 0.264. The Morgan fingerprint density at radius 3 is 2.19 bits per heavy atom. The van der Waals surface area contributed by atoms with Crippen molar-refractivity contribution in [3.05, 3.63) is 64.9 Å². The maximum Gasteiger partial charge on any atom is 0.407 e. The third-order valence-electron chi connectivity index (χ3n) is 9.71.